The number of hydrogen-bond acceptors (Lipinski definition) is 2. The predicted molar refractivity (Wildman–Crippen MR) is 81.9 cm³/mol. The summed E-state index contributed by atoms with van der Waals surface area (Å²) in [5, 5.41) is 0. The number of methoxy groups -OCH3 is 1. The number of hydrogen-bond donors (Lipinski definition) is 0. The van der Waals surface area contributed by atoms with Crippen LogP contribution in [0.5, 0.6) is 5.75 Å². The smallest absolute Gasteiger partial charge is 0.134 e. The molecule has 0 spiro atoms. The molecule has 2 aromatic rings. The van der Waals surface area contributed by atoms with E-state index in [-0.39, 0.29) is 11.3 Å². The highest BCUT2D eigenvalue weighted by molar-refractivity contribution is 9.09. The number of ether oxygens (including phenoxy) is 1. The SMILES string of the molecule is COc1cc(F)c(C(Br)c2ccccc2SC)c(F)c1. The Hall–Kier alpha value is -1.07. The quantitative estimate of drug-likeness (QED) is 0.550. The Bertz CT molecular complexity index is 596. The van der Waals surface area contributed by atoms with Gasteiger partial charge in [-0.2, -0.15) is 0 Å². The number of rotatable bonds is 4. The molecule has 5 heteroatoms. The van der Waals surface area contributed by atoms with E-state index >= 15 is 0 Å². The van der Waals surface area contributed by atoms with E-state index < -0.39 is 16.5 Å². The van der Waals surface area contributed by atoms with Crippen LogP contribution in [0.25, 0.3) is 0 Å². The van der Waals surface area contributed by atoms with Crippen molar-refractivity contribution in [3.63, 3.8) is 0 Å². The van der Waals surface area contributed by atoms with Crippen LogP contribution in [0.2, 0.25) is 0 Å². The lowest BCUT2D eigenvalue weighted by atomic mass is 10.0. The van der Waals surface area contributed by atoms with Crippen molar-refractivity contribution in [1.29, 1.82) is 0 Å². The average molecular weight is 359 g/mol. The van der Waals surface area contributed by atoms with E-state index in [0.717, 1.165) is 10.5 Å². The lowest BCUT2D eigenvalue weighted by Gasteiger charge is -2.16. The largest absolute Gasteiger partial charge is 0.497 e. The molecule has 0 saturated heterocycles. The first-order valence-corrected chi connectivity index (χ1v) is 8.02. The van der Waals surface area contributed by atoms with Crippen molar-refractivity contribution in [2.45, 2.75) is 9.72 Å². The van der Waals surface area contributed by atoms with Crippen molar-refractivity contribution in [3.8, 4) is 5.75 Å². The topological polar surface area (TPSA) is 9.23 Å². The first kappa shape index (κ1) is 15.3. The molecule has 1 unspecified atom stereocenters. The zero-order valence-electron chi connectivity index (χ0n) is 11.0. The van der Waals surface area contributed by atoms with Crippen LogP contribution in [0.4, 0.5) is 8.78 Å². The lowest BCUT2D eigenvalue weighted by molar-refractivity contribution is 0.405. The molecule has 1 atom stereocenters. The van der Waals surface area contributed by atoms with Crippen molar-refractivity contribution in [2.75, 3.05) is 13.4 Å². The van der Waals surface area contributed by atoms with Gasteiger partial charge < -0.3 is 4.74 Å². The molecule has 0 heterocycles. The standard InChI is InChI=1S/C15H13BrF2OS/c1-19-9-7-11(17)14(12(18)8-9)15(16)10-5-3-4-6-13(10)20-2/h3-8,15H,1-2H3. The summed E-state index contributed by atoms with van der Waals surface area (Å²) in [7, 11) is 1.38. The van der Waals surface area contributed by atoms with E-state index in [0.29, 0.717) is 0 Å². The maximum atomic E-state index is 14.1. The highest BCUT2D eigenvalue weighted by Crippen LogP contribution is 2.39. The summed E-state index contributed by atoms with van der Waals surface area (Å²) in [6.07, 6.45) is 1.93. The van der Waals surface area contributed by atoms with Gasteiger partial charge in [0, 0.05) is 22.6 Å². The zero-order chi connectivity index (χ0) is 14.7. The summed E-state index contributed by atoms with van der Waals surface area (Å²) >= 11 is 4.94. The van der Waals surface area contributed by atoms with Gasteiger partial charge in [-0.15, -0.1) is 11.8 Å². The molecule has 0 saturated carbocycles. The number of alkyl halides is 1. The number of halogens is 3. The molecule has 0 aliphatic carbocycles. The Morgan fingerprint density at radius 2 is 1.75 bits per heavy atom. The maximum Gasteiger partial charge on any atom is 0.134 e. The first-order chi connectivity index (χ1) is 9.58. The van der Waals surface area contributed by atoms with Crippen LogP contribution in [0, 0.1) is 11.6 Å². The summed E-state index contributed by atoms with van der Waals surface area (Å²) in [5.74, 6) is -1.08. The van der Waals surface area contributed by atoms with Crippen molar-refractivity contribution in [3.05, 3.63) is 59.2 Å². The van der Waals surface area contributed by atoms with E-state index in [1.807, 2.05) is 30.5 Å². The maximum absolute atomic E-state index is 14.1. The van der Waals surface area contributed by atoms with Crippen molar-refractivity contribution >= 4 is 27.7 Å². The van der Waals surface area contributed by atoms with Crippen LogP contribution in [-0.2, 0) is 0 Å². The lowest BCUT2D eigenvalue weighted by Crippen LogP contribution is -2.03. The molecule has 2 rings (SSSR count). The Morgan fingerprint density at radius 3 is 2.30 bits per heavy atom. The van der Waals surface area contributed by atoms with Crippen molar-refractivity contribution < 1.29 is 13.5 Å². The molecule has 0 amide bonds. The Kier molecular flexibility index (Phi) is 5.05. The minimum atomic E-state index is -0.625. The van der Waals surface area contributed by atoms with E-state index in [1.54, 1.807) is 0 Å². The molecule has 0 aromatic heterocycles. The monoisotopic (exact) mass is 358 g/mol. The third-order valence-electron chi connectivity index (χ3n) is 2.95. The van der Waals surface area contributed by atoms with Gasteiger partial charge in [-0.25, -0.2) is 8.78 Å². The van der Waals surface area contributed by atoms with Crippen molar-refractivity contribution in [1.82, 2.24) is 0 Å². The van der Waals surface area contributed by atoms with Crippen LogP contribution in [0.1, 0.15) is 16.0 Å². The fourth-order valence-electron chi connectivity index (χ4n) is 1.95. The first-order valence-electron chi connectivity index (χ1n) is 5.88. The fraction of sp³-hybridized carbons (Fsp3) is 0.200. The van der Waals surface area contributed by atoms with Gasteiger partial charge in [0.15, 0.2) is 0 Å². The van der Waals surface area contributed by atoms with E-state index in [1.165, 1.54) is 31.0 Å². The molecular weight excluding hydrogens is 346 g/mol. The van der Waals surface area contributed by atoms with Gasteiger partial charge in [0.25, 0.3) is 0 Å². The number of thioether (sulfide) groups is 1. The third-order valence-corrected chi connectivity index (χ3v) is 4.72. The molecule has 106 valence electrons. The highest BCUT2D eigenvalue weighted by atomic mass is 79.9. The van der Waals surface area contributed by atoms with E-state index in [2.05, 4.69) is 15.9 Å². The molecule has 2 aromatic carbocycles. The molecule has 0 N–H and O–H groups in total. The summed E-state index contributed by atoms with van der Waals surface area (Å²) in [6.45, 7) is 0. The molecule has 0 bridgehead atoms. The second-order valence-electron chi connectivity index (χ2n) is 4.11. The Morgan fingerprint density at radius 1 is 1.15 bits per heavy atom. The normalized spacial score (nSPS) is 12.2. The van der Waals surface area contributed by atoms with Crippen LogP contribution in [0.15, 0.2) is 41.3 Å². The minimum absolute atomic E-state index is 0.00713. The predicted octanol–water partition coefficient (Wildman–Crippen LogP) is 5.18. The van der Waals surface area contributed by atoms with Gasteiger partial charge >= 0.3 is 0 Å². The molecule has 0 fully saturated rings. The average Bonchev–Trinajstić information content (AvgIpc) is 2.46. The van der Waals surface area contributed by atoms with Crippen LogP contribution in [-0.4, -0.2) is 13.4 Å². The Balaban J connectivity index is 2.51. The summed E-state index contributed by atoms with van der Waals surface area (Å²) < 4.78 is 33.1. The highest BCUT2D eigenvalue weighted by Gasteiger charge is 2.22. The molecule has 20 heavy (non-hydrogen) atoms. The van der Waals surface area contributed by atoms with Gasteiger partial charge in [-0.1, -0.05) is 34.1 Å². The van der Waals surface area contributed by atoms with E-state index in [4.69, 9.17) is 4.74 Å². The van der Waals surface area contributed by atoms with Gasteiger partial charge in [-0.05, 0) is 17.9 Å². The molecule has 0 aliphatic rings. The van der Waals surface area contributed by atoms with Crippen molar-refractivity contribution in [2.24, 2.45) is 0 Å². The summed E-state index contributed by atoms with van der Waals surface area (Å²) in [6, 6.07) is 9.91. The molecule has 0 radical (unpaired) electrons. The van der Waals surface area contributed by atoms with Gasteiger partial charge in [0.1, 0.15) is 17.4 Å². The molecule has 0 aliphatic heterocycles. The Labute approximate surface area is 129 Å². The molecular formula is C15H13BrF2OS. The summed E-state index contributed by atoms with van der Waals surface area (Å²) in [5.41, 5.74) is 0.829. The van der Waals surface area contributed by atoms with Gasteiger partial charge in [0.2, 0.25) is 0 Å². The van der Waals surface area contributed by atoms with Gasteiger partial charge in [-0.3, -0.25) is 0 Å². The number of benzene rings is 2. The second kappa shape index (κ2) is 6.59. The van der Waals surface area contributed by atoms with E-state index in [9.17, 15) is 8.78 Å². The zero-order valence-corrected chi connectivity index (χ0v) is 13.4. The van der Waals surface area contributed by atoms with Crippen LogP contribution >= 0.6 is 27.7 Å². The van der Waals surface area contributed by atoms with Crippen LogP contribution < -0.4 is 4.74 Å². The minimum Gasteiger partial charge on any atom is -0.497 e. The second-order valence-corrected chi connectivity index (χ2v) is 5.87. The molecule has 1 nitrogen and oxygen atoms in total. The third kappa shape index (κ3) is 2.99. The van der Waals surface area contributed by atoms with Crippen LogP contribution in [0.3, 0.4) is 0 Å². The summed E-state index contributed by atoms with van der Waals surface area (Å²) in [4.78, 5) is 0.432. The fourth-order valence-corrected chi connectivity index (χ4v) is 3.58. The van der Waals surface area contributed by atoms with Gasteiger partial charge in [0.05, 0.1) is 11.9 Å².